The highest BCUT2D eigenvalue weighted by Gasteiger charge is 2.20. The molecule has 2 aromatic carbocycles. The zero-order chi connectivity index (χ0) is 17.1. The Morgan fingerprint density at radius 2 is 1.71 bits per heavy atom. The van der Waals surface area contributed by atoms with Gasteiger partial charge in [0.25, 0.3) is 5.91 Å². The molecule has 3 aromatic rings. The number of hydrogen-bond acceptors (Lipinski definition) is 4. The van der Waals surface area contributed by atoms with Gasteiger partial charge in [0.2, 0.25) is 0 Å². The van der Waals surface area contributed by atoms with E-state index in [4.69, 9.17) is 10.5 Å². The minimum atomic E-state index is -0.692. The van der Waals surface area contributed by atoms with Crippen LogP contribution in [0.2, 0.25) is 0 Å². The van der Waals surface area contributed by atoms with Gasteiger partial charge in [-0.25, -0.2) is 9.78 Å². The van der Waals surface area contributed by atoms with Crippen LogP contribution in [0.5, 0.6) is 0 Å². The topological polar surface area (TPSA) is 82.3 Å². The minimum Gasteiger partial charge on any atom is -0.452 e. The first-order valence-electron chi connectivity index (χ1n) is 7.48. The Morgan fingerprint density at radius 3 is 2.42 bits per heavy atom. The first kappa shape index (κ1) is 15.7. The third-order valence-corrected chi connectivity index (χ3v) is 3.73. The van der Waals surface area contributed by atoms with Crippen molar-refractivity contribution in [3.63, 3.8) is 0 Å². The highest BCUT2D eigenvalue weighted by atomic mass is 16.5. The number of benzene rings is 2. The number of rotatable bonds is 4. The first-order chi connectivity index (χ1) is 11.6. The molecule has 24 heavy (non-hydrogen) atoms. The van der Waals surface area contributed by atoms with Gasteiger partial charge in [0.15, 0.2) is 6.61 Å². The fraction of sp³-hybridized carbons (Fsp3) is 0.105. The second-order valence-corrected chi connectivity index (χ2v) is 5.39. The van der Waals surface area contributed by atoms with Gasteiger partial charge >= 0.3 is 5.97 Å². The Bertz CT molecular complexity index is 921. The van der Waals surface area contributed by atoms with Crippen molar-refractivity contribution in [1.82, 2.24) is 4.98 Å². The second kappa shape index (κ2) is 6.50. The predicted molar refractivity (Wildman–Crippen MR) is 91.4 cm³/mol. The van der Waals surface area contributed by atoms with Crippen LogP contribution < -0.4 is 5.73 Å². The standard InChI is InChI=1S/C19H16N2O3/c1-12-17(19(23)24-11-16(20)22)14-9-5-6-10-15(14)21-18(12)13-7-3-2-4-8-13/h2-10H,11H2,1H3,(H2,20,22). The highest BCUT2D eigenvalue weighted by Crippen LogP contribution is 2.29. The second-order valence-electron chi connectivity index (χ2n) is 5.39. The normalized spacial score (nSPS) is 10.5. The van der Waals surface area contributed by atoms with E-state index >= 15 is 0 Å². The molecule has 5 heteroatoms. The predicted octanol–water partition coefficient (Wildman–Crippen LogP) is 2.85. The summed E-state index contributed by atoms with van der Waals surface area (Å²) in [5, 5.41) is 0.684. The van der Waals surface area contributed by atoms with E-state index in [2.05, 4.69) is 4.98 Å². The van der Waals surface area contributed by atoms with Gasteiger partial charge in [0.05, 0.1) is 16.8 Å². The number of nitrogens with zero attached hydrogens (tertiary/aromatic N) is 1. The summed E-state index contributed by atoms with van der Waals surface area (Å²) in [5.41, 5.74) is 8.47. The molecule has 0 aliphatic carbocycles. The lowest BCUT2D eigenvalue weighted by atomic mass is 9.98. The van der Waals surface area contributed by atoms with Crippen LogP contribution in [0.15, 0.2) is 54.6 Å². The van der Waals surface area contributed by atoms with Crippen LogP contribution >= 0.6 is 0 Å². The summed E-state index contributed by atoms with van der Waals surface area (Å²) in [6.07, 6.45) is 0. The van der Waals surface area contributed by atoms with Gasteiger partial charge < -0.3 is 10.5 Å². The van der Waals surface area contributed by atoms with Crippen molar-refractivity contribution in [2.75, 3.05) is 6.61 Å². The molecule has 0 bridgehead atoms. The van der Waals surface area contributed by atoms with Gasteiger partial charge in [-0.15, -0.1) is 0 Å². The molecule has 0 radical (unpaired) electrons. The molecule has 3 rings (SSSR count). The number of aromatic nitrogens is 1. The lowest BCUT2D eigenvalue weighted by molar-refractivity contribution is -0.121. The molecule has 0 aliphatic heterocycles. The first-order valence-corrected chi connectivity index (χ1v) is 7.48. The van der Waals surface area contributed by atoms with Crippen LogP contribution in [0.4, 0.5) is 0 Å². The third-order valence-electron chi connectivity index (χ3n) is 3.73. The molecule has 5 nitrogen and oxygen atoms in total. The molecular formula is C19H16N2O3. The molecular weight excluding hydrogens is 304 g/mol. The van der Waals surface area contributed by atoms with E-state index in [0.717, 1.165) is 5.56 Å². The quantitative estimate of drug-likeness (QED) is 0.749. The van der Waals surface area contributed by atoms with Crippen LogP contribution in [0.3, 0.4) is 0 Å². The summed E-state index contributed by atoms with van der Waals surface area (Å²) in [6.45, 7) is 1.37. The summed E-state index contributed by atoms with van der Waals surface area (Å²) in [6, 6.07) is 17.0. The lowest BCUT2D eigenvalue weighted by Crippen LogP contribution is -2.21. The molecule has 1 aromatic heterocycles. The van der Waals surface area contributed by atoms with Crippen molar-refractivity contribution in [2.45, 2.75) is 6.92 Å². The van der Waals surface area contributed by atoms with E-state index in [1.54, 1.807) is 0 Å². The van der Waals surface area contributed by atoms with E-state index in [1.165, 1.54) is 0 Å². The van der Waals surface area contributed by atoms with E-state index in [1.807, 2.05) is 61.5 Å². The fourth-order valence-corrected chi connectivity index (χ4v) is 2.66. The van der Waals surface area contributed by atoms with Gasteiger partial charge in [-0.2, -0.15) is 0 Å². The van der Waals surface area contributed by atoms with Crippen molar-refractivity contribution in [3.8, 4) is 11.3 Å². The minimum absolute atomic E-state index is 0.403. The van der Waals surface area contributed by atoms with Crippen molar-refractivity contribution in [3.05, 3.63) is 65.7 Å². The van der Waals surface area contributed by atoms with Gasteiger partial charge in [-0.3, -0.25) is 4.79 Å². The number of amides is 1. The highest BCUT2D eigenvalue weighted by molar-refractivity contribution is 6.06. The molecule has 1 heterocycles. The SMILES string of the molecule is Cc1c(-c2ccccc2)nc2ccccc2c1C(=O)OCC(N)=O. The largest absolute Gasteiger partial charge is 0.452 e. The summed E-state index contributed by atoms with van der Waals surface area (Å²) < 4.78 is 5.03. The summed E-state index contributed by atoms with van der Waals surface area (Å²) in [4.78, 5) is 28.1. The van der Waals surface area contributed by atoms with Crippen molar-refractivity contribution < 1.29 is 14.3 Å². The van der Waals surface area contributed by atoms with E-state index in [0.29, 0.717) is 27.7 Å². The molecule has 120 valence electrons. The Kier molecular flexibility index (Phi) is 4.24. The number of primary amides is 1. The average Bonchev–Trinajstić information content (AvgIpc) is 2.60. The van der Waals surface area contributed by atoms with E-state index in [-0.39, 0.29) is 0 Å². The number of carbonyl (C=O) groups is 2. The molecule has 0 spiro atoms. The Hall–Kier alpha value is -3.21. The molecule has 0 saturated carbocycles. The van der Waals surface area contributed by atoms with E-state index < -0.39 is 18.5 Å². The van der Waals surface area contributed by atoms with Crippen molar-refractivity contribution in [1.29, 1.82) is 0 Å². The van der Waals surface area contributed by atoms with Crippen LogP contribution in [0.1, 0.15) is 15.9 Å². The summed E-state index contributed by atoms with van der Waals surface area (Å²) in [7, 11) is 0. The molecule has 1 amide bonds. The Balaban J connectivity index is 2.20. The smallest absolute Gasteiger partial charge is 0.339 e. The Labute approximate surface area is 139 Å². The van der Waals surface area contributed by atoms with Gasteiger partial charge in [0, 0.05) is 10.9 Å². The number of esters is 1. The van der Waals surface area contributed by atoms with Crippen molar-refractivity contribution in [2.24, 2.45) is 5.73 Å². The van der Waals surface area contributed by atoms with Crippen LogP contribution in [-0.4, -0.2) is 23.5 Å². The molecule has 0 saturated heterocycles. The van der Waals surface area contributed by atoms with Crippen LogP contribution in [0, 0.1) is 6.92 Å². The maximum atomic E-state index is 12.5. The van der Waals surface area contributed by atoms with E-state index in [9.17, 15) is 9.59 Å². The zero-order valence-electron chi connectivity index (χ0n) is 13.2. The van der Waals surface area contributed by atoms with Crippen molar-refractivity contribution >= 4 is 22.8 Å². The summed E-state index contributed by atoms with van der Waals surface area (Å²) in [5.74, 6) is -1.27. The number of hydrogen-bond donors (Lipinski definition) is 1. The Morgan fingerprint density at radius 1 is 1.04 bits per heavy atom. The molecule has 0 fully saturated rings. The number of carbonyl (C=O) groups excluding carboxylic acids is 2. The summed E-state index contributed by atoms with van der Waals surface area (Å²) >= 11 is 0. The zero-order valence-corrected chi connectivity index (χ0v) is 13.2. The van der Waals surface area contributed by atoms with Crippen LogP contribution in [-0.2, 0) is 9.53 Å². The van der Waals surface area contributed by atoms with Gasteiger partial charge in [-0.05, 0) is 18.6 Å². The maximum absolute atomic E-state index is 12.5. The third kappa shape index (κ3) is 2.96. The number of nitrogens with two attached hydrogens (primary N) is 1. The molecule has 0 atom stereocenters. The maximum Gasteiger partial charge on any atom is 0.339 e. The monoisotopic (exact) mass is 320 g/mol. The van der Waals surface area contributed by atoms with Crippen LogP contribution in [0.25, 0.3) is 22.2 Å². The lowest BCUT2D eigenvalue weighted by Gasteiger charge is -2.13. The van der Waals surface area contributed by atoms with Gasteiger partial charge in [0.1, 0.15) is 0 Å². The van der Waals surface area contributed by atoms with Gasteiger partial charge in [-0.1, -0.05) is 48.5 Å². The number of pyridine rings is 1. The molecule has 2 N–H and O–H groups in total. The number of para-hydroxylation sites is 1. The average molecular weight is 320 g/mol. The number of ether oxygens (including phenoxy) is 1. The number of fused-ring (bicyclic) bond motifs is 1. The fourth-order valence-electron chi connectivity index (χ4n) is 2.66. The molecule has 0 unspecified atom stereocenters. The molecule has 0 aliphatic rings.